The summed E-state index contributed by atoms with van der Waals surface area (Å²) >= 11 is 0. The van der Waals surface area contributed by atoms with E-state index in [-0.39, 0.29) is 37.4 Å². The number of esters is 1. The van der Waals surface area contributed by atoms with Crippen LogP contribution in [0, 0.1) is 0 Å². The quantitative estimate of drug-likeness (QED) is 0.729. The van der Waals surface area contributed by atoms with Gasteiger partial charge in [-0.05, 0) is 13.0 Å². The number of carbonyl (C=O) groups is 2. The maximum Gasteiger partial charge on any atom is 0.355 e. The second kappa shape index (κ2) is 9.38. The first-order valence-electron chi connectivity index (χ1n) is 6.38. The van der Waals surface area contributed by atoms with E-state index in [9.17, 15) is 9.59 Å². The van der Waals surface area contributed by atoms with Crippen LogP contribution in [0.2, 0.25) is 0 Å². The van der Waals surface area contributed by atoms with E-state index in [1.165, 1.54) is 7.11 Å². The van der Waals surface area contributed by atoms with E-state index in [1.54, 1.807) is 30.8 Å². The van der Waals surface area contributed by atoms with Gasteiger partial charge in [0.1, 0.15) is 5.69 Å². The van der Waals surface area contributed by atoms with Gasteiger partial charge in [-0.3, -0.25) is 4.79 Å². The number of nitrogens with zero attached hydrogens (tertiary/aromatic N) is 1. The summed E-state index contributed by atoms with van der Waals surface area (Å²) in [5.74, 6) is -0.643. The Morgan fingerprint density at radius 3 is 2.67 bits per heavy atom. The molecule has 0 aliphatic heterocycles. The van der Waals surface area contributed by atoms with Gasteiger partial charge in [0.2, 0.25) is 5.91 Å². The van der Waals surface area contributed by atoms with Crippen LogP contribution in [0.3, 0.4) is 0 Å². The molecule has 0 spiro atoms. The van der Waals surface area contributed by atoms with Gasteiger partial charge in [-0.2, -0.15) is 0 Å². The van der Waals surface area contributed by atoms with Crippen LogP contribution in [0.5, 0.6) is 0 Å². The third kappa shape index (κ3) is 5.74. The molecule has 1 aromatic heterocycles. The lowest BCUT2D eigenvalue weighted by Gasteiger charge is -2.11. The third-order valence-electron chi connectivity index (χ3n) is 2.78. The Morgan fingerprint density at radius 1 is 1.48 bits per heavy atom. The number of anilines is 1. The van der Waals surface area contributed by atoms with Crippen LogP contribution in [-0.4, -0.2) is 42.8 Å². The van der Waals surface area contributed by atoms with Crippen LogP contribution in [0.25, 0.3) is 0 Å². The SMILES string of the molecule is CCOC(=O)c1cc(NC(=O)CC(CN)OC)cn1C.Cl. The van der Waals surface area contributed by atoms with Crippen molar-refractivity contribution >= 4 is 30.0 Å². The minimum Gasteiger partial charge on any atom is -0.461 e. The minimum atomic E-state index is -0.424. The molecule has 0 radical (unpaired) electrons. The predicted octanol–water partition coefficient (Wildman–Crippen LogP) is 0.926. The summed E-state index contributed by atoms with van der Waals surface area (Å²) in [6, 6.07) is 1.57. The lowest BCUT2D eigenvalue weighted by Crippen LogP contribution is -2.28. The van der Waals surface area contributed by atoms with Crippen LogP contribution >= 0.6 is 12.4 Å². The molecule has 0 saturated carbocycles. The van der Waals surface area contributed by atoms with Crippen molar-refractivity contribution in [3.05, 3.63) is 18.0 Å². The van der Waals surface area contributed by atoms with Crippen molar-refractivity contribution in [1.29, 1.82) is 0 Å². The molecule has 1 amide bonds. The molecular weight excluding hydrogens is 298 g/mol. The molecule has 1 rings (SSSR count). The fraction of sp³-hybridized carbons (Fsp3) is 0.538. The number of carbonyl (C=O) groups excluding carboxylic acids is 2. The number of nitrogens with one attached hydrogen (secondary N) is 1. The molecule has 1 heterocycles. The Labute approximate surface area is 130 Å². The van der Waals surface area contributed by atoms with Crippen molar-refractivity contribution < 1.29 is 19.1 Å². The fourth-order valence-electron chi connectivity index (χ4n) is 1.72. The van der Waals surface area contributed by atoms with Gasteiger partial charge in [0, 0.05) is 26.9 Å². The summed E-state index contributed by atoms with van der Waals surface area (Å²) in [5, 5.41) is 2.70. The monoisotopic (exact) mass is 319 g/mol. The van der Waals surface area contributed by atoms with Gasteiger partial charge >= 0.3 is 5.97 Å². The average Bonchev–Trinajstić information content (AvgIpc) is 2.77. The number of aromatic nitrogens is 1. The van der Waals surface area contributed by atoms with Gasteiger partial charge in [0.05, 0.1) is 24.8 Å². The lowest BCUT2D eigenvalue weighted by atomic mass is 10.2. The highest BCUT2D eigenvalue weighted by molar-refractivity contribution is 5.94. The third-order valence-corrected chi connectivity index (χ3v) is 2.78. The number of methoxy groups -OCH3 is 1. The number of halogens is 1. The maximum absolute atomic E-state index is 11.8. The lowest BCUT2D eigenvalue weighted by molar-refractivity contribution is -0.118. The molecule has 0 aromatic carbocycles. The summed E-state index contributed by atoms with van der Waals surface area (Å²) in [6.45, 7) is 2.31. The summed E-state index contributed by atoms with van der Waals surface area (Å²) in [4.78, 5) is 23.4. The van der Waals surface area contributed by atoms with E-state index in [0.717, 1.165) is 0 Å². The normalized spacial score (nSPS) is 11.4. The first-order chi connectivity index (χ1) is 9.51. The molecule has 1 atom stereocenters. The van der Waals surface area contributed by atoms with E-state index in [4.69, 9.17) is 15.2 Å². The number of aryl methyl sites for hydroxylation is 1. The molecule has 1 unspecified atom stereocenters. The van der Waals surface area contributed by atoms with Crippen molar-refractivity contribution in [2.24, 2.45) is 12.8 Å². The van der Waals surface area contributed by atoms with E-state index >= 15 is 0 Å². The highest BCUT2D eigenvalue weighted by atomic mass is 35.5. The smallest absolute Gasteiger partial charge is 0.355 e. The first kappa shape index (κ1) is 19.4. The van der Waals surface area contributed by atoms with Gasteiger partial charge in [0.15, 0.2) is 0 Å². The maximum atomic E-state index is 11.8. The molecule has 8 heteroatoms. The number of hydrogen-bond donors (Lipinski definition) is 2. The predicted molar refractivity (Wildman–Crippen MR) is 81.7 cm³/mol. The molecule has 0 saturated heterocycles. The molecule has 0 aliphatic rings. The van der Waals surface area contributed by atoms with Gasteiger partial charge in [-0.15, -0.1) is 12.4 Å². The largest absolute Gasteiger partial charge is 0.461 e. The van der Waals surface area contributed by atoms with Crippen molar-refractivity contribution in [2.75, 3.05) is 25.6 Å². The molecule has 0 aliphatic carbocycles. The van der Waals surface area contributed by atoms with Crippen LogP contribution in [0.1, 0.15) is 23.8 Å². The molecule has 21 heavy (non-hydrogen) atoms. The average molecular weight is 320 g/mol. The summed E-state index contributed by atoms with van der Waals surface area (Å²) in [7, 11) is 3.21. The number of nitrogens with two attached hydrogens (primary N) is 1. The second-order valence-electron chi connectivity index (χ2n) is 4.29. The van der Waals surface area contributed by atoms with Crippen LogP contribution in [0.4, 0.5) is 5.69 Å². The Kier molecular flexibility index (Phi) is 8.68. The van der Waals surface area contributed by atoms with Crippen LogP contribution < -0.4 is 11.1 Å². The highest BCUT2D eigenvalue weighted by Gasteiger charge is 2.16. The summed E-state index contributed by atoms with van der Waals surface area (Å²) in [5.41, 5.74) is 6.37. The van der Waals surface area contributed by atoms with Crippen molar-refractivity contribution in [2.45, 2.75) is 19.4 Å². The zero-order valence-electron chi connectivity index (χ0n) is 12.4. The molecule has 0 bridgehead atoms. The second-order valence-corrected chi connectivity index (χ2v) is 4.29. The van der Waals surface area contributed by atoms with E-state index in [0.29, 0.717) is 18.0 Å². The van der Waals surface area contributed by atoms with Gasteiger partial charge < -0.3 is 25.1 Å². The van der Waals surface area contributed by atoms with Gasteiger partial charge in [-0.1, -0.05) is 0 Å². The first-order valence-corrected chi connectivity index (χ1v) is 6.38. The molecule has 120 valence electrons. The Hall–Kier alpha value is -1.57. The van der Waals surface area contributed by atoms with Gasteiger partial charge in [-0.25, -0.2) is 4.79 Å². The van der Waals surface area contributed by atoms with Crippen LogP contribution in [-0.2, 0) is 21.3 Å². The standard InChI is InChI=1S/C13H21N3O4.ClH/c1-4-20-13(18)11-5-9(8-16(11)2)15-12(17)6-10(7-14)19-3;/h5,8,10H,4,6-7,14H2,1-3H3,(H,15,17);1H. The van der Waals surface area contributed by atoms with Crippen LogP contribution in [0.15, 0.2) is 12.3 Å². The number of hydrogen-bond acceptors (Lipinski definition) is 5. The van der Waals surface area contributed by atoms with E-state index in [2.05, 4.69) is 5.32 Å². The van der Waals surface area contributed by atoms with Gasteiger partial charge in [0.25, 0.3) is 0 Å². The Bertz CT molecular complexity index is 472. The summed E-state index contributed by atoms with van der Waals surface area (Å²) in [6.07, 6.45) is 1.49. The fourth-order valence-corrected chi connectivity index (χ4v) is 1.72. The molecule has 0 fully saturated rings. The Morgan fingerprint density at radius 2 is 2.14 bits per heavy atom. The highest BCUT2D eigenvalue weighted by Crippen LogP contribution is 2.14. The van der Waals surface area contributed by atoms with Crippen molar-refractivity contribution in [3.8, 4) is 0 Å². The van der Waals surface area contributed by atoms with Crippen molar-refractivity contribution in [3.63, 3.8) is 0 Å². The molecular formula is C13H22ClN3O4. The van der Waals surface area contributed by atoms with E-state index < -0.39 is 5.97 Å². The minimum absolute atomic E-state index is 0. The number of ether oxygens (including phenoxy) is 2. The zero-order valence-corrected chi connectivity index (χ0v) is 13.2. The topological polar surface area (TPSA) is 95.6 Å². The number of amides is 1. The number of rotatable bonds is 7. The summed E-state index contributed by atoms with van der Waals surface area (Å²) < 4.78 is 11.6. The Balaban J connectivity index is 0.00000400. The van der Waals surface area contributed by atoms with E-state index in [1.807, 2.05) is 0 Å². The van der Waals surface area contributed by atoms with Crippen molar-refractivity contribution in [1.82, 2.24) is 4.57 Å². The molecule has 1 aromatic rings. The molecule has 3 N–H and O–H groups in total. The molecule has 7 nitrogen and oxygen atoms in total. The zero-order chi connectivity index (χ0) is 15.1.